The van der Waals surface area contributed by atoms with Crippen molar-refractivity contribution in [3.63, 3.8) is 0 Å². The summed E-state index contributed by atoms with van der Waals surface area (Å²) in [5.41, 5.74) is -3.32. The highest BCUT2D eigenvalue weighted by Gasteiger charge is 2.58. The fraction of sp³-hybridized carbons (Fsp3) is 0.683. The molecule has 348 valence electrons. The zero-order valence-corrected chi connectivity index (χ0v) is 38.0. The molecule has 0 aliphatic carbocycles. The first-order valence-corrected chi connectivity index (χ1v) is 21.3. The molecule has 7 amide bonds. The van der Waals surface area contributed by atoms with Gasteiger partial charge in [0.25, 0.3) is 5.91 Å². The van der Waals surface area contributed by atoms with Gasteiger partial charge in [0.15, 0.2) is 0 Å². The topological polar surface area (TPSA) is 198 Å². The zero-order chi connectivity index (χ0) is 46.9. The first kappa shape index (κ1) is 52.1. The van der Waals surface area contributed by atoms with Crippen molar-refractivity contribution in [2.24, 2.45) is 5.92 Å². The Hall–Kier alpha value is -4.20. The molecule has 0 aromatic heterocycles. The Labute approximate surface area is 370 Å². The molecule has 0 bridgehead atoms. The number of methoxy groups -OCH3 is 1. The number of rotatable bonds is 12. The second-order valence-corrected chi connectivity index (χ2v) is 17.5. The number of likely N-dealkylation sites (tertiary alicyclic amines) is 1. The summed E-state index contributed by atoms with van der Waals surface area (Å²) in [6.45, 7) is 5.40. The Morgan fingerprint density at radius 1 is 1.00 bits per heavy atom. The van der Waals surface area contributed by atoms with Gasteiger partial charge in [-0.05, 0) is 88.5 Å². The van der Waals surface area contributed by atoms with Crippen LogP contribution in [0.4, 0.5) is 13.2 Å². The van der Waals surface area contributed by atoms with Crippen LogP contribution in [0, 0.1) is 5.92 Å². The van der Waals surface area contributed by atoms with Gasteiger partial charge in [-0.3, -0.25) is 33.6 Å². The number of hydrogen-bond acceptors (Lipinski definition) is 9. The van der Waals surface area contributed by atoms with Crippen LogP contribution in [0.3, 0.4) is 0 Å². The molecule has 62 heavy (non-hydrogen) atoms. The van der Waals surface area contributed by atoms with Gasteiger partial charge in [0.2, 0.25) is 41.0 Å². The van der Waals surface area contributed by atoms with Crippen molar-refractivity contribution in [3.8, 4) is 0 Å². The number of likely N-dealkylation sites (N-methyl/N-ethyl adjacent to an activating group) is 3. The standard InChI is InChI=1S/C41H60Cl2F3N7O9/c1-23(2)20-29-38(59)52(7)32(22-25-21-26(42)14-15-27(25)43)35(56)47-24(3)36(57)50(5)17-10-9-12-30(33(54)49-29)51(6)37(58)28(16-19-62-8)48-34(55)31-13-11-18-53(31)39(60)40(4,61)41(44,45)46/h14-15,21,23-24,28-32,61H,9-13,16-20,22H2,1-8H3,(H,47,56)(H,48,55)(H,49,54)/t24-,28+,29+,30+,31+,32+,40-/m1/s1. The first-order chi connectivity index (χ1) is 28.8. The summed E-state index contributed by atoms with van der Waals surface area (Å²) in [6, 6.07) is -2.81. The second-order valence-electron chi connectivity index (χ2n) is 16.6. The molecule has 2 saturated heterocycles. The van der Waals surface area contributed by atoms with Crippen LogP contribution in [0.2, 0.25) is 10.0 Å². The lowest BCUT2D eigenvalue weighted by molar-refractivity contribution is -0.250. The minimum atomic E-state index is -5.32. The highest BCUT2D eigenvalue weighted by atomic mass is 35.5. The maximum absolute atomic E-state index is 14.4. The third-order valence-corrected chi connectivity index (χ3v) is 11.9. The Morgan fingerprint density at radius 2 is 1.66 bits per heavy atom. The number of amides is 7. The van der Waals surface area contributed by atoms with Crippen molar-refractivity contribution in [1.82, 2.24) is 35.6 Å². The van der Waals surface area contributed by atoms with E-state index in [2.05, 4.69) is 16.0 Å². The van der Waals surface area contributed by atoms with Crippen molar-refractivity contribution < 1.29 is 56.6 Å². The molecular weight excluding hydrogens is 862 g/mol. The lowest BCUT2D eigenvalue weighted by atomic mass is 9.98. The molecule has 2 aliphatic rings. The van der Waals surface area contributed by atoms with Gasteiger partial charge in [-0.2, -0.15) is 13.2 Å². The largest absolute Gasteiger partial charge is 0.426 e. The quantitative estimate of drug-likeness (QED) is 0.244. The molecule has 16 nitrogen and oxygen atoms in total. The number of ether oxygens (including phenoxy) is 1. The van der Waals surface area contributed by atoms with E-state index >= 15 is 0 Å². The summed E-state index contributed by atoms with van der Waals surface area (Å²) in [6.07, 6.45) is -4.62. The van der Waals surface area contributed by atoms with E-state index < -0.39 is 89.4 Å². The van der Waals surface area contributed by atoms with Gasteiger partial charge in [-0.25, -0.2) is 0 Å². The molecule has 3 rings (SSSR count). The van der Waals surface area contributed by atoms with Gasteiger partial charge >= 0.3 is 6.18 Å². The average Bonchev–Trinajstić information content (AvgIpc) is 3.69. The van der Waals surface area contributed by atoms with Crippen molar-refractivity contribution in [2.75, 3.05) is 47.9 Å². The van der Waals surface area contributed by atoms with Crippen molar-refractivity contribution in [1.29, 1.82) is 0 Å². The molecule has 7 atom stereocenters. The molecule has 21 heteroatoms. The summed E-state index contributed by atoms with van der Waals surface area (Å²) < 4.78 is 46.0. The van der Waals surface area contributed by atoms with Crippen LogP contribution in [-0.4, -0.2) is 162 Å². The minimum Gasteiger partial charge on any atom is -0.385 e. The van der Waals surface area contributed by atoms with Crippen LogP contribution in [0.5, 0.6) is 0 Å². The molecule has 1 aromatic rings. The average molecular weight is 923 g/mol. The number of halogens is 5. The van der Waals surface area contributed by atoms with Gasteiger partial charge in [0.05, 0.1) is 0 Å². The number of carbonyl (C=O) groups excluding carboxylic acids is 7. The van der Waals surface area contributed by atoms with Crippen molar-refractivity contribution in [2.45, 2.75) is 127 Å². The Kier molecular flexibility index (Phi) is 18.9. The normalized spacial score (nSPS) is 24.0. The fourth-order valence-electron chi connectivity index (χ4n) is 7.52. The third kappa shape index (κ3) is 13.2. The van der Waals surface area contributed by atoms with E-state index in [1.165, 1.54) is 37.9 Å². The van der Waals surface area contributed by atoms with E-state index in [-0.39, 0.29) is 69.2 Å². The van der Waals surface area contributed by atoms with Gasteiger partial charge in [0.1, 0.15) is 36.3 Å². The van der Waals surface area contributed by atoms with E-state index in [4.69, 9.17) is 27.9 Å². The number of benzene rings is 1. The number of nitrogens with zero attached hydrogens (tertiary/aromatic N) is 4. The predicted molar refractivity (Wildman–Crippen MR) is 224 cm³/mol. The summed E-state index contributed by atoms with van der Waals surface area (Å²) in [5, 5.41) is 18.8. The van der Waals surface area contributed by atoms with Crippen molar-refractivity contribution in [3.05, 3.63) is 33.8 Å². The number of nitrogens with one attached hydrogen (secondary N) is 3. The van der Waals surface area contributed by atoms with Gasteiger partial charge < -0.3 is 45.4 Å². The van der Waals surface area contributed by atoms with E-state index in [0.717, 1.165) is 4.90 Å². The number of aliphatic hydroxyl groups is 1. The maximum Gasteiger partial charge on any atom is 0.426 e. The van der Waals surface area contributed by atoms with Crippen LogP contribution in [0.1, 0.15) is 78.2 Å². The lowest BCUT2D eigenvalue weighted by Crippen LogP contribution is -2.61. The molecule has 2 aliphatic heterocycles. The van der Waals surface area contributed by atoms with Crippen molar-refractivity contribution >= 4 is 64.6 Å². The molecular formula is C41H60Cl2F3N7O9. The number of carbonyl (C=O) groups is 7. The molecule has 2 fully saturated rings. The van der Waals surface area contributed by atoms with Crippen LogP contribution in [-0.2, 0) is 44.7 Å². The molecule has 1 aromatic carbocycles. The Balaban J connectivity index is 2.01. The van der Waals surface area contributed by atoms with Crippen LogP contribution < -0.4 is 16.0 Å². The van der Waals surface area contributed by atoms with Gasteiger partial charge in [0, 0.05) is 64.4 Å². The van der Waals surface area contributed by atoms with E-state index in [1.807, 2.05) is 13.8 Å². The molecule has 2 heterocycles. The highest BCUT2D eigenvalue weighted by molar-refractivity contribution is 6.33. The highest BCUT2D eigenvalue weighted by Crippen LogP contribution is 2.34. The van der Waals surface area contributed by atoms with E-state index in [9.17, 15) is 51.8 Å². The monoisotopic (exact) mass is 921 g/mol. The SMILES string of the molecule is COCC[C@H](NC(=O)[C@@H]1CCCN1C(=O)[C@@](C)(O)C(F)(F)F)C(=O)N(C)[C@H]1CCCCN(C)C(=O)[C@@H](C)NC(=O)[C@H](Cc2cc(Cl)ccc2Cl)N(C)C(=O)[C@H](CC(C)C)NC1=O. The van der Waals surface area contributed by atoms with E-state index in [0.29, 0.717) is 35.3 Å². The zero-order valence-electron chi connectivity index (χ0n) is 36.4. The molecule has 0 saturated carbocycles. The molecule has 0 radical (unpaired) electrons. The fourth-order valence-corrected chi connectivity index (χ4v) is 7.91. The van der Waals surface area contributed by atoms with Gasteiger partial charge in [-0.1, -0.05) is 37.0 Å². The predicted octanol–water partition coefficient (Wildman–Crippen LogP) is 2.69. The minimum absolute atomic E-state index is 0.0400. The molecule has 0 spiro atoms. The summed E-state index contributed by atoms with van der Waals surface area (Å²) in [4.78, 5) is 101. The lowest BCUT2D eigenvalue weighted by Gasteiger charge is -2.36. The first-order valence-electron chi connectivity index (χ1n) is 20.6. The smallest absolute Gasteiger partial charge is 0.385 e. The van der Waals surface area contributed by atoms with Crippen LogP contribution >= 0.6 is 23.2 Å². The third-order valence-electron chi connectivity index (χ3n) is 11.3. The Morgan fingerprint density at radius 3 is 2.27 bits per heavy atom. The summed E-state index contributed by atoms with van der Waals surface area (Å²) in [5.74, 6) is -6.02. The Bertz CT molecular complexity index is 1800. The molecule has 0 unspecified atom stereocenters. The van der Waals surface area contributed by atoms with Gasteiger partial charge in [-0.15, -0.1) is 0 Å². The summed E-state index contributed by atoms with van der Waals surface area (Å²) >= 11 is 12.7. The number of alkyl halides is 3. The maximum atomic E-state index is 14.4. The summed E-state index contributed by atoms with van der Waals surface area (Å²) in [7, 11) is 5.63. The van der Waals surface area contributed by atoms with Crippen LogP contribution in [0.15, 0.2) is 18.2 Å². The van der Waals surface area contributed by atoms with E-state index in [1.54, 1.807) is 25.2 Å². The molecule has 4 N–H and O–H groups in total. The number of hydrogen-bond donors (Lipinski definition) is 4. The second kappa shape index (κ2) is 22.4. The van der Waals surface area contributed by atoms with Crippen LogP contribution in [0.25, 0.3) is 0 Å².